The predicted molar refractivity (Wildman–Crippen MR) is 101 cm³/mol. The van der Waals surface area contributed by atoms with Crippen LogP contribution < -0.4 is 25.0 Å². The first-order valence-corrected chi connectivity index (χ1v) is 9.56. The Morgan fingerprint density at radius 3 is 2.35 bits per heavy atom. The molecule has 0 aliphatic heterocycles. The van der Waals surface area contributed by atoms with Crippen LogP contribution in [0.2, 0.25) is 0 Å². The number of hydrogen-bond donors (Lipinski definition) is 2. The Hall–Kier alpha value is -2.30. The van der Waals surface area contributed by atoms with Gasteiger partial charge in [-0.2, -0.15) is 0 Å². The summed E-state index contributed by atoms with van der Waals surface area (Å²) in [7, 11) is -1.18. The summed E-state index contributed by atoms with van der Waals surface area (Å²) >= 11 is 3.26. The molecule has 8 nitrogen and oxygen atoms in total. The van der Waals surface area contributed by atoms with Crippen LogP contribution in [-0.4, -0.2) is 35.1 Å². The Balaban J connectivity index is 2.60. The van der Waals surface area contributed by atoms with E-state index in [0.29, 0.717) is 5.75 Å². The standard InChI is InChI=1S/C16H18BrN3O5S/c1-24-12-5-8-14(15(9-12)25-2)20(10-16(21)19-18)26(22,23)13-6-3-11(17)4-7-13/h3-9H,10,18H2,1-2H3,(H,19,21). The van der Waals surface area contributed by atoms with E-state index in [9.17, 15) is 13.2 Å². The smallest absolute Gasteiger partial charge is 0.264 e. The van der Waals surface area contributed by atoms with Gasteiger partial charge in [-0.05, 0) is 36.4 Å². The number of hydrazine groups is 1. The van der Waals surface area contributed by atoms with Crippen LogP contribution in [0.15, 0.2) is 51.8 Å². The Morgan fingerprint density at radius 2 is 1.81 bits per heavy atom. The minimum absolute atomic E-state index is 0.0170. The number of carbonyl (C=O) groups excluding carboxylic acids is 1. The average Bonchev–Trinajstić information content (AvgIpc) is 2.65. The van der Waals surface area contributed by atoms with Crippen molar-refractivity contribution in [2.75, 3.05) is 25.1 Å². The number of rotatable bonds is 7. The molecule has 2 rings (SSSR count). The van der Waals surface area contributed by atoms with Crippen molar-refractivity contribution in [2.45, 2.75) is 4.90 Å². The molecule has 0 aliphatic rings. The SMILES string of the molecule is COc1ccc(N(CC(=O)NN)S(=O)(=O)c2ccc(Br)cc2)c(OC)c1. The number of halogens is 1. The summed E-state index contributed by atoms with van der Waals surface area (Å²) in [6.45, 7) is -0.516. The maximum atomic E-state index is 13.1. The fourth-order valence-corrected chi connectivity index (χ4v) is 3.90. The summed E-state index contributed by atoms with van der Waals surface area (Å²) < 4.78 is 38.3. The van der Waals surface area contributed by atoms with Crippen LogP contribution in [0.25, 0.3) is 0 Å². The molecule has 0 radical (unpaired) electrons. The number of amides is 1. The van der Waals surface area contributed by atoms with E-state index in [1.54, 1.807) is 18.2 Å². The summed E-state index contributed by atoms with van der Waals surface area (Å²) in [4.78, 5) is 11.9. The number of methoxy groups -OCH3 is 2. The van der Waals surface area contributed by atoms with Gasteiger partial charge in [-0.25, -0.2) is 14.3 Å². The summed E-state index contributed by atoms with van der Waals surface area (Å²) in [5.74, 6) is 5.17. The highest BCUT2D eigenvalue weighted by molar-refractivity contribution is 9.10. The Labute approximate surface area is 160 Å². The van der Waals surface area contributed by atoms with E-state index >= 15 is 0 Å². The minimum atomic E-state index is -4.05. The zero-order valence-corrected chi connectivity index (χ0v) is 16.5. The molecular formula is C16H18BrN3O5S. The van der Waals surface area contributed by atoms with Gasteiger partial charge in [0.1, 0.15) is 18.0 Å². The van der Waals surface area contributed by atoms with Crippen molar-refractivity contribution in [3.05, 3.63) is 46.9 Å². The highest BCUT2D eigenvalue weighted by atomic mass is 79.9. The van der Waals surface area contributed by atoms with Crippen LogP contribution in [0.4, 0.5) is 5.69 Å². The molecule has 0 fully saturated rings. The number of nitrogens with two attached hydrogens (primary N) is 1. The molecule has 0 atom stereocenters. The molecule has 0 aromatic heterocycles. The Bertz CT molecular complexity index is 887. The van der Waals surface area contributed by atoms with Gasteiger partial charge in [0.2, 0.25) is 0 Å². The first-order valence-electron chi connectivity index (χ1n) is 7.33. The van der Waals surface area contributed by atoms with E-state index in [1.165, 1.54) is 38.5 Å². The quantitative estimate of drug-likeness (QED) is 0.382. The highest BCUT2D eigenvalue weighted by Crippen LogP contribution is 2.35. The van der Waals surface area contributed by atoms with Gasteiger partial charge < -0.3 is 9.47 Å². The molecule has 0 saturated carbocycles. The van der Waals surface area contributed by atoms with Gasteiger partial charge in [0.15, 0.2) is 0 Å². The van der Waals surface area contributed by atoms with Gasteiger partial charge in [0.05, 0.1) is 24.8 Å². The molecule has 1 amide bonds. The topological polar surface area (TPSA) is 111 Å². The molecule has 26 heavy (non-hydrogen) atoms. The second-order valence-electron chi connectivity index (χ2n) is 5.07. The van der Waals surface area contributed by atoms with Gasteiger partial charge >= 0.3 is 0 Å². The third-order valence-corrected chi connectivity index (χ3v) is 5.81. The lowest BCUT2D eigenvalue weighted by Gasteiger charge is -2.25. The van der Waals surface area contributed by atoms with Crippen molar-refractivity contribution in [3.63, 3.8) is 0 Å². The number of carbonyl (C=O) groups is 1. The summed E-state index contributed by atoms with van der Waals surface area (Å²) in [5, 5.41) is 0. The van der Waals surface area contributed by atoms with Gasteiger partial charge in [-0.1, -0.05) is 15.9 Å². The number of nitrogens with one attached hydrogen (secondary N) is 1. The van der Waals surface area contributed by atoms with E-state index in [4.69, 9.17) is 15.3 Å². The Morgan fingerprint density at radius 1 is 1.15 bits per heavy atom. The predicted octanol–water partition coefficient (Wildman–Crippen LogP) is 1.65. The molecule has 0 bridgehead atoms. The largest absolute Gasteiger partial charge is 0.497 e. The lowest BCUT2D eigenvalue weighted by Crippen LogP contribution is -2.43. The van der Waals surface area contributed by atoms with Gasteiger partial charge in [-0.3, -0.25) is 14.5 Å². The first kappa shape index (κ1) is 20.0. The fraction of sp³-hybridized carbons (Fsp3) is 0.188. The zero-order valence-electron chi connectivity index (χ0n) is 14.1. The van der Waals surface area contributed by atoms with Crippen LogP contribution in [-0.2, 0) is 14.8 Å². The number of anilines is 1. The van der Waals surface area contributed by atoms with Crippen LogP contribution >= 0.6 is 15.9 Å². The zero-order chi connectivity index (χ0) is 19.3. The van der Waals surface area contributed by atoms with Crippen molar-refractivity contribution in [1.82, 2.24) is 5.43 Å². The van der Waals surface area contributed by atoms with Gasteiger partial charge in [-0.15, -0.1) is 0 Å². The number of benzene rings is 2. The van der Waals surface area contributed by atoms with Crippen molar-refractivity contribution in [2.24, 2.45) is 5.84 Å². The van der Waals surface area contributed by atoms with E-state index in [2.05, 4.69) is 15.9 Å². The molecule has 0 aliphatic carbocycles. The summed E-state index contributed by atoms with van der Waals surface area (Å²) in [5.41, 5.74) is 2.12. The van der Waals surface area contributed by atoms with Gasteiger partial charge in [0, 0.05) is 10.5 Å². The second kappa shape index (κ2) is 8.39. The van der Waals surface area contributed by atoms with Crippen molar-refractivity contribution < 1.29 is 22.7 Å². The molecule has 0 heterocycles. The first-order chi connectivity index (χ1) is 12.3. The maximum Gasteiger partial charge on any atom is 0.264 e. The van der Waals surface area contributed by atoms with Crippen LogP contribution in [0, 0.1) is 0 Å². The highest BCUT2D eigenvalue weighted by Gasteiger charge is 2.29. The van der Waals surface area contributed by atoms with E-state index in [0.717, 1.165) is 8.78 Å². The van der Waals surface area contributed by atoms with Crippen molar-refractivity contribution in [1.29, 1.82) is 0 Å². The van der Waals surface area contributed by atoms with E-state index in [1.807, 2.05) is 5.43 Å². The van der Waals surface area contributed by atoms with Crippen LogP contribution in [0.3, 0.4) is 0 Å². The van der Waals surface area contributed by atoms with Crippen LogP contribution in [0.5, 0.6) is 11.5 Å². The van der Waals surface area contributed by atoms with Gasteiger partial charge in [0.25, 0.3) is 15.9 Å². The summed E-state index contributed by atoms with van der Waals surface area (Å²) in [6, 6.07) is 10.7. The molecule has 0 saturated heterocycles. The van der Waals surface area contributed by atoms with E-state index < -0.39 is 22.5 Å². The van der Waals surface area contributed by atoms with Crippen LogP contribution in [0.1, 0.15) is 0 Å². The van der Waals surface area contributed by atoms with E-state index in [-0.39, 0.29) is 16.3 Å². The molecule has 0 spiro atoms. The molecule has 2 aromatic rings. The number of hydrogen-bond acceptors (Lipinski definition) is 6. The second-order valence-corrected chi connectivity index (χ2v) is 7.85. The fourth-order valence-electron chi connectivity index (χ4n) is 2.20. The molecule has 0 unspecified atom stereocenters. The molecule has 140 valence electrons. The number of sulfonamides is 1. The van der Waals surface area contributed by atoms with Crippen molar-refractivity contribution >= 4 is 37.5 Å². The summed E-state index contributed by atoms with van der Waals surface area (Å²) in [6.07, 6.45) is 0. The lowest BCUT2D eigenvalue weighted by molar-refractivity contribution is -0.119. The third kappa shape index (κ3) is 4.26. The molecule has 10 heteroatoms. The Kier molecular flexibility index (Phi) is 6.46. The molecule has 2 aromatic carbocycles. The monoisotopic (exact) mass is 443 g/mol. The average molecular weight is 444 g/mol. The number of ether oxygens (including phenoxy) is 2. The van der Waals surface area contributed by atoms with Crippen molar-refractivity contribution in [3.8, 4) is 11.5 Å². The lowest BCUT2D eigenvalue weighted by atomic mass is 10.2. The number of nitrogens with zero attached hydrogens (tertiary/aromatic N) is 1. The molecule has 3 N–H and O–H groups in total. The maximum absolute atomic E-state index is 13.1. The molecular weight excluding hydrogens is 426 g/mol. The normalized spacial score (nSPS) is 10.9. The third-order valence-electron chi connectivity index (χ3n) is 3.51. The minimum Gasteiger partial charge on any atom is -0.497 e.